The Morgan fingerprint density at radius 1 is 0.389 bits per heavy atom. The molecule has 6 heteroatoms. The third-order valence-corrected chi connectivity index (χ3v) is 10.3. The minimum absolute atomic E-state index is 0.588. The molecule has 0 aliphatic rings. The molecule has 0 amide bonds. The maximum absolute atomic E-state index is 6.09. The zero-order chi connectivity index (χ0) is 35.6. The van der Waals surface area contributed by atoms with Gasteiger partial charge in [-0.15, -0.1) is 0 Å². The monoisotopic (exact) mass is 691 g/mol. The van der Waals surface area contributed by atoms with Crippen molar-refractivity contribution in [1.29, 1.82) is 0 Å². The molecule has 11 aromatic rings. The maximum Gasteiger partial charge on any atom is 0.164 e. The fraction of sp³-hybridized carbons (Fsp3) is 0. The van der Waals surface area contributed by atoms with Gasteiger partial charge in [-0.25, -0.2) is 15.0 Å². The van der Waals surface area contributed by atoms with Crippen LogP contribution in [0.5, 0.6) is 0 Å². The van der Waals surface area contributed by atoms with Crippen molar-refractivity contribution in [2.24, 2.45) is 0 Å². The molecule has 4 heterocycles. The summed E-state index contributed by atoms with van der Waals surface area (Å²) in [6.07, 6.45) is 3.54. The van der Waals surface area contributed by atoms with Gasteiger partial charge in [0.2, 0.25) is 0 Å². The second kappa shape index (κ2) is 12.1. The number of fused-ring (bicyclic) bond motifs is 7. The lowest BCUT2D eigenvalue weighted by atomic mass is 10.00. The SMILES string of the molecule is c1ccc(-c2ccc3ccc(-c4nc(-c5ccc(-n6c7ccccc7c7ccccc76)cc5)nc(-c5ccc6oc7cnccc7c6c5)n4)cc3c2)cc1. The highest BCUT2D eigenvalue weighted by molar-refractivity contribution is 6.09. The highest BCUT2D eigenvalue weighted by Crippen LogP contribution is 2.35. The van der Waals surface area contributed by atoms with Crippen molar-refractivity contribution in [2.75, 3.05) is 0 Å². The molecule has 0 unspecified atom stereocenters. The summed E-state index contributed by atoms with van der Waals surface area (Å²) in [5.74, 6) is 1.79. The van der Waals surface area contributed by atoms with E-state index in [-0.39, 0.29) is 0 Å². The van der Waals surface area contributed by atoms with Crippen molar-refractivity contribution in [3.63, 3.8) is 0 Å². The molecule has 11 rings (SSSR count). The largest absolute Gasteiger partial charge is 0.454 e. The van der Waals surface area contributed by atoms with Crippen molar-refractivity contribution < 1.29 is 4.42 Å². The Morgan fingerprint density at radius 3 is 1.72 bits per heavy atom. The van der Waals surface area contributed by atoms with E-state index in [9.17, 15) is 0 Å². The van der Waals surface area contributed by atoms with E-state index in [0.29, 0.717) is 17.5 Å². The van der Waals surface area contributed by atoms with Crippen LogP contribution in [0.2, 0.25) is 0 Å². The number of rotatable bonds is 5. The van der Waals surface area contributed by atoms with Gasteiger partial charge >= 0.3 is 0 Å². The first kappa shape index (κ1) is 30.2. The highest BCUT2D eigenvalue weighted by Gasteiger charge is 2.17. The van der Waals surface area contributed by atoms with Crippen molar-refractivity contribution in [2.45, 2.75) is 0 Å². The maximum atomic E-state index is 6.09. The summed E-state index contributed by atoms with van der Waals surface area (Å²) < 4.78 is 8.41. The minimum Gasteiger partial charge on any atom is -0.454 e. The molecular weight excluding hydrogens is 663 g/mol. The van der Waals surface area contributed by atoms with Gasteiger partial charge in [-0.05, 0) is 94.7 Å². The van der Waals surface area contributed by atoms with Gasteiger partial charge in [-0.3, -0.25) is 4.98 Å². The van der Waals surface area contributed by atoms with Crippen LogP contribution in [0.15, 0.2) is 181 Å². The van der Waals surface area contributed by atoms with Gasteiger partial charge in [0.1, 0.15) is 5.58 Å². The predicted molar refractivity (Wildman–Crippen MR) is 218 cm³/mol. The summed E-state index contributed by atoms with van der Waals surface area (Å²) >= 11 is 0. The number of nitrogens with zero attached hydrogens (tertiary/aromatic N) is 5. The Morgan fingerprint density at radius 2 is 0.981 bits per heavy atom. The molecule has 0 aliphatic heterocycles. The van der Waals surface area contributed by atoms with Crippen molar-refractivity contribution in [3.8, 4) is 51.0 Å². The Hall–Kier alpha value is -7.44. The lowest BCUT2D eigenvalue weighted by Gasteiger charge is -2.11. The summed E-state index contributed by atoms with van der Waals surface area (Å²) in [5.41, 5.74) is 9.98. The van der Waals surface area contributed by atoms with Crippen LogP contribution in [0.1, 0.15) is 0 Å². The van der Waals surface area contributed by atoms with Gasteiger partial charge in [-0.2, -0.15) is 0 Å². The van der Waals surface area contributed by atoms with Crippen LogP contribution in [-0.4, -0.2) is 24.5 Å². The van der Waals surface area contributed by atoms with Crippen LogP contribution in [0, 0.1) is 0 Å². The summed E-state index contributed by atoms with van der Waals surface area (Å²) in [6, 6.07) is 57.1. The number of furan rings is 1. The lowest BCUT2D eigenvalue weighted by molar-refractivity contribution is 0.667. The van der Waals surface area contributed by atoms with Gasteiger partial charge in [0.05, 0.1) is 17.2 Å². The quantitative estimate of drug-likeness (QED) is 0.180. The van der Waals surface area contributed by atoms with Crippen LogP contribution in [0.4, 0.5) is 0 Å². The molecule has 54 heavy (non-hydrogen) atoms. The van der Waals surface area contributed by atoms with E-state index < -0.39 is 0 Å². The average Bonchev–Trinajstić information content (AvgIpc) is 3.79. The van der Waals surface area contributed by atoms with E-state index in [0.717, 1.165) is 60.7 Å². The van der Waals surface area contributed by atoms with Gasteiger partial charge in [0.15, 0.2) is 23.1 Å². The van der Waals surface area contributed by atoms with Gasteiger partial charge in [0, 0.05) is 50.1 Å². The third kappa shape index (κ3) is 4.96. The van der Waals surface area contributed by atoms with Crippen molar-refractivity contribution in [1.82, 2.24) is 24.5 Å². The summed E-state index contributed by atoms with van der Waals surface area (Å²) in [5, 5.41) is 6.72. The number of pyridine rings is 1. The average molecular weight is 692 g/mol. The van der Waals surface area contributed by atoms with E-state index in [1.54, 1.807) is 12.4 Å². The van der Waals surface area contributed by atoms with E-state index in [1.165, 1.54) is 27.4 Å². The zero-order valence-electron chi connectivity index (χ0n) is 28.9. The summed E-state index contributed by atoms with van der Waals surface area (Å²) in [6.45, 7) is 0. The molecule has 0 saturated carbocycles. The molecular formula is C48H29N5O. The predicted octanol–water partition coefficient (Wildman–Crippen LogP) is 12.1. The Labute approximate surface area is 309 Å². The van der Waals surface area contributed by atoms with Crippen LogP contribution < -0.4 is 0 Å². The molecule has 4 aromatic heterocycles. The second-order valence-corrected chi connectivity index (χ2v) is 13.6. The fourth-order valence-electron chi connectivity index (χ4n) is 7.69. The zero-order valence-corrected chi connectivity index (χ0v) is 28.9. The standard InChI is InChI=1S/C48H29N5O/c1-2-8-30(9-3-1)33-16-14-31-15-17-34(27-36(31)26-33)47-50-46(51-48(52-47)35-20-23-44-41(28-35)40-24-25-49-29-45(40)54-44)32-18-21-37(22-19-32)53-42-12-6-4-10-38(42)39-11-5-7-13-43(39)53/h1-29H. The lowest BCUT2D eigenvalue weighted by Crippen LogP contribution is -2.00. The van der Waals surface area contributed by atoms with Crippen LogP contribution in [0.25, 0.3) is 105 Å². The molecule has 7 aromatic carbocycles. The number of para-hydroxylation sites is 2. The van der Waals surface area contributed by atoms with E-state index in [1.807, 2.05) is 24.3 Å². The number of hydrogen-bond donors (Lipinski definition) is 0. The third-order valence-electron chi connectivity index (χ3n) is 10.3. The van der Waals surface area contributed by atoms with Gasteiger partial charge in [0.25, 0.3) is 0 Å². The summed E-state index contributed by atoms with van der Waals surface area (Å²) in [4.78, 5) is 19.6. The first-order chi connectivity index (χ1) is 26.7. The first-order valence-electron chi connectivity index (χ1n) is 17.9. The fourth-order valence-corrected chi connectivity index (χ4v) is 7.69. The van der Waals surface area contributed by atoms with Gasteiger partial charge in [-0.1, -0.05) is 91.0 Å². The van der Waals surface area contributed by atoms with Crippen molar-refractivity contribution >= 4 is 54.5 Å². The van der Waals surface area contributed by atoms with Crippen LogP contribution in [-0.2, 0) is 0 Å². The number of hydrogen-bond acceptors (Lipinski definition) is 5. The molecule has 0 saturated heterocycles. The molecule has 0 atom stereocenters. The minimum atomic E-state index is 0.588. The molecule has 0 fully saturated rings. The number of benzene rings is 7. The smallest absolute Gasteiger partial charge is 0.164 e. The Balaban J connectivity index is 1.07. The molecule has 0 radical (unpaired) electrons. The van der Waals surface area contributed by atoms with Crippen LogP contribution >= 0.6 is 0 Å². The first-order valence-corrected chi connectivity index (χ1v) is 17.9. The number of aromatic nitrogens is 5. The van der Waals surface area contributed by atoms with Crippen molar-refractivity contribution in [3.05, 3.63) is 176 Å². The molecule has 0 aliphatic carbocycles. The highest BCUT2D eigenvalue weighted by atomic mass is 16.3. The molecule has 0 bridgehead atoms. The Kier molecular flexibility index (Phi) is 6.75. The van der Waals surface area contributed by atoms with E-state index in [2.05, 4.69) is 149 Å². The normalized spacial score (nSPS) is 11.7. The molecule has 6 nitrogen and oxygen atoms in total. The second-order valence-electron chi connectivity index (χ2n) is 13.6. The topological polar surface area (TPSA) is 69.6 Å². The Bertz CT molecular complexity index is 3160. The molecule has 0 N–H and O–H groups in total. The summed E-state index contributed by atoms with van der Waals surface area (Å²) in [7, 11) is 0. The van der Waals surface area contributed by atoms with Gasteiger partial charge < -0.3 is 8.98 Å². The molecule has 0 spiro atoms. The van der Waals surface area contributed by atoms with Crippen LogP contribution in [0.3, 0.4) is 0 Å². The van der Waals surface area contributed by atoms with E-state index in [4.69, 9.17) is 19.4 Å². The van der Waals surface area contributed by atoms with E-state index >= 15 is 0 Å². The molecule has 252 valence electrons.